The largest absolute Gasteiger partial charge is 0.325 e. The van der Waals surface area contributed by atoms with E-state index < -0.39 is 0 Å². The first-order valence-corrected chi connectivity index (χ1v) is 9.12. The van der Waals surface area contributed by atoms with Crippen LogP contribution in [0.5, 0.6) is 0 Å². The second kappa shape index (κ2) is 8.34. The summed E-state index contributed by atoms with van der Waals surface area (Å²) in [6, 6.07) is 18.4. The monoisotopic (exact) mass is 389 g/mol. The van der Waals surface area contributed by atoms with Crippen molar-refractivity contribution in [1.29, 1.82) is 0 Å². The Morgan fingerprint density at radius 1 is 0.960 bits per heavy atom. The Labute approximate surface area is 159 Å². The first-order chi connectivity index (χ1) is 12.1. The van der Waals surface area contributed by atoms with Gasteiger partial charge in [-0.15, -0.1) is 10.2 Å². The lowest BCUT2D eigenvalue weighted by Crippen LogP contribution is -2.14. The highest BCUT2D eigenvalue weighted by Crippen LogP contribution is 2.23. The molecule has 0 aliphatic carbocycles. The lowest BCUT2D eigenvalue weighted by atomic mass is 10.1. The Bertz CT molecular complexity index is 853. The number of anilines is 1. The number of nitrogens with zero attached hydrogens (tertiary/aromatic N) is 2. The maximum absolute atomic E-state index is 12.0. The van der Waals surface area contributed by atoms with E-state index in [1.54, 1.807) is 18.2 Å². The van der Waals surface area contributed by atoms with Gasteiger partial charge in [0.25, 0.3) is 0 Å². The minimum atomic E-state index is -0.169. The van der Waals surface area contributed by atoms with Gasteiger partial charge in [-0.05, 0) is 30.3 Å². The molecule has 0 spiro atoms. The molecule has 0 saturated carbocycles. The average molecular weight is 390 g/mol. The van der Waals surface area contributed by atoms with E-state index in [9.17, 15) is 4.79 Å². The first kappa shape index (κ1) is 17.7. The Morgan fingerprint density at radius 2 is 1.68 bits per heavy atom. The van der Waals surface area contributed by atoms with Crippen LogP contribution in [0.3, 0.4) is 0 Å². The molecule has 3 aromatic rings. The van der Waals surface area contributed by atoms with E-state index >= 15 is 0 Å². The minimum absolute atomic E-state index is 0.169. The highest BCUT2D eigenvalue weighted by molar-refractivity contribution is 7.99. The summed E-state index contributed by atoms with van der Waals surface area (Å²) in [7, 11) is 0. The number of benzene rings is 2. The lowest BCUT2D eigenvalue weighted by molar-refractivity contribution is -0.113. The number of hydrogen-bond acceptors (Lipinski definition) is 4. The van der Waals surface area contributed by atoms with Crippen LogP contribution in [0.4, 0.5) is 5.69 Å². The fourth-order valence-corrected chi connectivity index (χ4v) is 3.26. The number of aromatic nitrogens is 2. The number of hydrogen-bond donors (Lipinski definition) is 1. The molecular weight excluding hydrogens is 377 g/mol. The molecule has 0 fully saturated rings. The maximum Gasteiger partial charge on any atom is 0.234 e. The Balaban J connectivity index is 1.57. The Kier molecular flexibility index (Phi) is 5.91. The number of carbonyl (C=O) groups excluding carboxylic acids is 1. The predicted octanol–water partition coefficient (Wildman–Crippen LogP) is 5.18. The van der Waals surface area contributed by atoms with Gasteiger partial charge in [-0.1, -0.05) is 65.3 Å². The Hall–Kier alpha value is -2.08. The van der Waals surface area contributed by atoms with Gasteiger partial charge in [-0.25, -0.2) is 0 Å². The smallest absolute Gasteiger partial charge is 0.234 e. The first-order valence-electron chi connectivity index (χ1n) is 7.38. The fourth-order valence-electron chi connectivity index (χ4n) is 2.12. The molecule has 4 nitrogen and oxygen atoms in total. The summed E-state index contributed by atoms with van der Waals surface area (Å²) in [6.45, 7) is 0. The highest BCUT2D eigenvalue weighted by Gasteiger charge is 2.07. The third-order valence-corrected chi connectivity index (χ3v) is 4.56. The quantitative estimate of drug-likeness (QED) is 0.610. The lowest BCUT2D eigenvalue weighted by Gasteiger charge is -2.06. The second-order valence-electron chi connectivity index (χ2n) is 5.12. The summed E-state index contributed by atoms with van der Waals surface area (Å²) >= 11 is 13.1. The fraction of sp³-hybridized carbons (Fsp3) is 0.0556. The van der Waals surface area contributed by atoms with Gasteiger partial charge in [0.1, 0.15) is 5.03 Å². The molecule has 1 heterocycles. The molecule has 0 aliphatic rings. The van der Waals surface area contributed by atoms with Crippen LogP contribution < -0.4 is 5.32 Å². The van der Waals surface area contributed by atoms with E-state index in [1.807, 2.05) is 42.5 Å². The molecule has 25 heavy (non-hydrogen) atoms. The van der Waals surface area contributed by atoms with E-state index in [0.29, 0.717) is 20.8 Å². The normalized spacial score (nSPS) is 10.5. The zero-order chi connectivity index (χ0) is 17.6. The molecule has 0 aliphatic heterocycles. The molecule has 7 heteroatoms. The average Bonchev–Trinajstić information content (AvgIpc) is 2.60. The number of carbonyl (C=O) groups is 1. The molecule has 1 N–H and O–H groups in total. The summed E-state index contributed by atoms with van der Waals surface area (Å²) in [4.78, 5) is 12.0. The SMILES string of the molecule is O=C(CSc1ccc(-c2ccccc2)nn1)Nc1cc(Cl)cc(Cl)c1. The third kappa shape index (κ3) is 5.19. The number of nitrogens with one attached hydrogen (secondary N) is 1. The third-order valence-electron chi connectivity index (χ3n) is 3.21. The maximum atomic E-state index is 12.0. The van der Waals surface area contributed by atoms with Crippen LogP contribution in [-0.4, -0.2) is 21.9 Å². The summed E-state index contributed by atoms with van der Waals surface area (Å²) in [5.74, 6) is 0.0426. The van der Waals surface area contributed by atoms with Gasteiger partial charge in [-0.2, -0.15) is 0 Å². The molecular formula is C18H13Cl2N3OS. The predicted molar refractivity (Wildman–Crippen MR) is 103 cm³/mol. The van der Waals surface area contributed by atoms with Gasteiger partial charge >= 0.3 is 0 Å². The van der Waals surface area contributed by atoms with Gasteiger partial charge in [0.15, 0.2) is 0 Å². The van der Waals surface area contributed by atoms with Crippen molar-refractivity contribution in [2.75, 3.05) is 11.1 Å². The molecule has 3 rings (SSSR count). The molecule has 0 saturated heterocycles. The van der Waals surface area contributed by atoms with Crippen molar-refractivity contribution in [3.63, 3.8) is 0 Å². The van der Waals surface area contributed by atoms with Crippen LogP contribution >= 0.6 is 35.0 Å². The topological polar surface area (TPSA) is 54.9 Å². The van der Waals surface area contributed by atoms with Crippen molar-refractivity contribution in [3.8, 4) is 11.3 Å². The summed E-state index contributed by atoms with van der Waals surface area (Å²) in [5.41, 5.74) is 2.36. The molecule has 2 aromatic carbocycles. The molecule has 126 valence electrons. The minimum Gasteiger partial charge on any atom is -0.325 e. The van der Waals surface area contributed by atoms with E-state index in [2.05, 4.69) is 15.5 Å². The summed E-state index contributed by atoms with van der Waals surface area (Å²) < 4.78 is 0. The van der Waals surface area contributed by atoms with Crippen molar-refractivity contribution in [3.05, 3.63) is 70.7 Å². The van der Waals surface area contributed by atoms with Gasteiger partial charge in [0.2, 0.25) is 5.91 Å². The van der Waals surface area contributed by atoms with E-state index in [4.69, 9.17) is 23.2 Å². The van der Waals surface area contributed by atoms with Crippen molar-refractivity contribution in [2.24, 2.45) is 0 Å². The summed E-state index contributed by atoms with van der Waals surface area (Å²) in [6.07, 6.45) is 0. The number of thioether (sulfide) groups is 1. The van der Waals surface area contributed by atoms with Crippen molar-refractivity contribution < 1.29 is 4.79 Å². The second-order valence-corrected chi connectivity index (χ2v) is 6.99. The van der Waals surface area contributed by atoms with Crippen LogP contribution in [0.15, 0.2) is 65.7 Å². The van der Waals surface area contributed by atoms with Crippen molar-refractivity contribution >= 4 is 46.6 Å². The van der Waals surface area contributed by atoms with Crippen LogP contribution in [0, 0.1) is 0 Å². The van der Waals surface area contributed by atoms with E-state index in [-0.39, 0.29) is 11.7 Å². The Morgan fingerprint density at radius 3 is 2.32 bits per heavy atom. The van der Waals surface area contributed by atoms with Crippen LogP contribution in [0.1, 0.15) is 0 Å². The molecule has 0 bridgehead atoms. The molecule has 0 unspecified atom stereocenters. The number of halogens is 2. The zero-order valence-corrected chi connectivity index (χ0v) is 15.3. The van der Waals surface area contributed by atoms with Gasteiger partial charge in [-0.3, -0.25) is 4.79 Å². The van der Waals surface area contributed by atoms with E-state index in [0.717, 1.165) is 11.3 Å². The van der Waals surface area contributed by atoms with Crippen LogP contribution in [0.2, 0.25) is 10.0 Å². The number of amides is 1. The highest BCUT2D eigenvalue weighted by atomic mass is 35.5. The van der Waals surface area contributed by atoms with Gasteiger partial charge < -0.3 is 5.32 Å². The standard InChI is InChI=1S/C18H13Cl2N3OS/c19-13-8-14(20)10-15(9-13)21-17(24)11-25-18-7-6-16(22-23-18)12-4-2-1-3-5-12/h1-10H,11H2,(H,21,24). The molecule has 1 aromatic heterocycles. The molecule has 0 atom stereocenters. The molecule has 0 radical (unpaired) electrons. The van der Waals surface area contributed by atoms with Crippen molar-refractivity contribution in [1.82, 2.24) is 10.2 Å². The van der Waals surface area contributed by atoms with Crippen molar-refractivity contribution in [2.45, 2.75) is 5.03 Å². The van der Waals surface area contributed by atoms with Crippen LogP contribution in [0.25, 0.3) is 11.3 Å². The van der Waals surface area contributed by atoms with Crippen LogP contribution in [-0.2, 0) is 4.79 Å². The van der Waals surface area contributed by atoms with Gasteiger partial charge in [0.05, 0.1) is 11.4 Å². The zero-order valence-electron chi connectivity index (χ0n) is 12.9. The van der Waals surface area contributed by atoms with Gasteiger partial charge in [0, 0.05) is 21.3 Å². The summed E-state index contributed by atoms with van der Waals surface area (Å²) in [5, 5.41) is 12.7. The molecule has 1 amide bonds. The van der Waals surface area contributed by atoms with E-state index in [1.165, 1.54) is 11.8 Å². The number of rotatable bonds is 5.